The average molecular weight is 215 g/mol. The van der Waals surface area contributed by atoms with Crippen LogP contribution in [0.4, 0.5) is 0 Å². The minimum Gasteiger partial charge on any atom is -0.331 e. The summed E-state index contributed by atoms with van der Waals surface area (Å²) in [6, 6.07) is 8.39. The summed E-state index contributed by atoms with van der Waals surface area (Å²) < 4.78 is 2.16. The van der Waals surface area contributed by atoms with E-state index >= 15 is 0 Å². The third-order valence-corrected chi connectivity index (χ3v) is 2.68. The van der Waals surface area contributed by atoms with Gasteiger partial charge >= 0.3 is 0 Å². The fourth-order valence-corrected chi connectivity index (χ4v) is 1.89. The van der Waals surface area contributed by atoms with Crippen molar-refractivity contribution in [2.45, 2.75) is 20.0 Å². The molecule has 0 saturated carbocycles. The quantitative estimate of drug-likeness (QED) is 0.848. The monoisotopic (exact) mass is 215 g/mol. The third kappa shape index (κ3) is 1.99. The molecule has 0 radical (unpaired) electrons. The zero-order chi connectivity index (χ0) is 11.4. The Labute approximate surface area is 96.1 Å². The van der Waals surface area contributed by atoms with Crippen LogP contribution in [0.5, 0.6) is 0 Å². The number of hydrogen-bond acceptors (Lipinski definition) is 2. The van der Waals surface area contributed by atoms with Gasteiger partial charge in [-0.1, -0.05) is 24.3 Å². The Morgan fingerprint density at radius 2 is 2.12 bits per heavy atom. The van der Waals surface area contributed by atoms with E-state index in [1.807, 2.05) is 19.4 Å². The molecular formula is C13H17N3. The van der Waals surface area contributed by atoms with Crippen LogP contribution in [0.15, 0.2) is 36.7 Å². The van der Waals surface area contributed by atoms with E-state index in [0.717, 1.165) is 18.9 Å². The summed E-state index contributed by atoms with van der Waals surface area (Å²) in [7, 11) is 1.96. The van der Waals surface area contributed by atoms with Gasteiger partial charge in [-0.25, -0.2) is 4.98 Å². The van der Waals surface area contributed by atoms with E-state index in [1.54, 1.807) is 0 Å². The van der Waals surface area contributed by atoms with E-state index in [9.17, 15) is 0 Å². The van der Waals surface area contributed by atoms with E-state index < -0.39 is 0 Å². The van der Waals surface area contributed by atoms with Gasteiger partial charge in [-0.15, -0.1) is 0 Å². The van der Waals surface area contributed by atoms with Gasteiger partial charge in [0.2, 0.25) is 0 Å². The van der Waals surface area contributed by atoms with Crippen LogP contribution in [0, 0.1) is 0 Å². The van der Waals surface area contributed by atoms with Gasteiger partial charge < -0.3 is 9.88 Å². The topological polar surface area (TPSA) is 29.9 Å². The molecule has 0 bridgehead atoms. The molecule has 0 aliphatic heterocycles. The molecule has 2 rings (SSSR count). The number of aromatic nitrogens is 2. The lowest BCUT2D eigenvalue weighted by atomic mass is 10.1. The Bertz CT molecular complexity index is 460. The van der Waals surface area contributed by atoms with Crippen molar-refractivity contribution in [1.82, 2.24) is 14.9 Å². The second-order valence-corrected chi connectivity index (χ2v) is 3.72. The molecule has 16 heavy (non-hydrogen) atoms. The Kier molecular flexibility index (Phi) is 3.37. The largest absolute Gasteiger partial charge is 0.331 e. The molecule has 0 amide bonds. The average Bonchev–Trinajstić information content (AvgIpc) is 2.78. The summed E-state index contributed by atoms with van der Waals surface area (Å²) in [6.45, 7) is 3.95. The van der Waals surface area contributed by atoms with Crippen molar-refractivity contribution >= 4 is 0 Å². The molecular weight excluding hydrogens is 198 g/mol. The molecule has 1 heterocycles. The lowest BCUT2D eigenvalue weighted by molar-refractivity contribution is 0.765. The SMILES string of the molecule is CCn1ccnc1-c1ccccc1CNC. The molecule has 0 saturated heterocycles. The van der Waals surface area contributed by atoms with Crippen LogP contribution in [0.2, 0.25) is 0 Å². The first kappa shape index (κ1) is 10.9. The van der Waals surface area contributed by atoms with E-state index in [4.69, 9.17) is 0 Å². The minimum absolute atomic E-state index is 0.868. The van der Waals surface area contributed by atoms with Gasteiger partial charge in [-0.3, -0.25) is 0 Å². The number of benzene rings is 1. The van der Waals surface area contributed by atoms with E-state index in [2.05, 4.69) is 46.1 Å². The van der Waals surface area contributed by atoms with Crippen molar-refractivity contribution in [3.63, 3.8) is 0 Å². The molecule has 0 unspecified atom stereocenters. The number of imidazole rings is 1. The Hall–Kier alpha value is -1.61. The van der Waals surface area contributed by atoms with Crippen molar-refractivity contribution in [1.29, 1.82) is 0 Å². The van der Waals surface area contributed by atoms with Crippen LogP contribution >= 0.6 is 0 Å². The molecule has 2 aromatic rings. The van der Waals surface area contributed by atoms with Gasteiger partial charge in [-0.2, -0.15) is 0 Å². The van der Waals surface area contributed by atoms with Crippen LogP contribution in [0.25, 0.3) is 11.4 Å². The Balaban J connectivity index is 2.46. The van der Waals surface area contributed by atoms with Crippen LogP contribution in [-0.2, 0) is 13.1 Å². The summed E-state index contributed by atoms with van der Waals surface area (Å²) in [5.74, 6) is 1.05. The summed E-state index contributed by atoms with van der Waals surface area (Å²) in [6.07, 6.45) is 3.88. The number of hydrogen-bond donors (Lipinski definition) is 1. The first-order chi connectivity index (χ1) is 7.86. The van der Waals surface area contributed by atoms with Crippen LogP contribution in [-0.4, -0.2) is 16.6 Å². The van der Waals surface area contributed by atoms with Gasteiger partial charge in [-0.05, 0) is 19.5 Å². The maximum atomic E-state index is 4.44. The van der Waals surface area contributed by atoms with Crippen LogP contribution in [0.1, 0.15) is 12.5 Å². The highest BCUT2D eigenvalue weighted by Gasteiger charge is 2.08. The van der Waals surface area contributed by atoms with E-state index in [1.165, 1.54) is 11.1 Å². The smallest absolute Gasteiger partial charge is 0.140 e. The molecule has 0 aliphatic carbocycles. The summed E-state index contributed by atoms with van der Waals surface area (Å²) in [5.41, 5.74) is 2.50. The second-order valence-electron chi connectivity index (χ2n) is 3.72. The fourth-order valence-electron chi connectivity index (χ4n) is 1.89. The van der Waals surface area contributed by atoms with Crippen molar-refractivity contribution in [2.24, 2.45) is 0 Å². The first-order valence-corrected chi connectivity index (χ1v) is 5.60. The van der Waals surface area contributed by atoms with E-state index in [0.29, 0.717) is 0 Å². The molecule has 0 spiro atoms. The highest BCUT2D eigenvalue weighted by Crippen LogP contribution is 2.21. The zero-order valence-corrected chi connectivity index (χ0v) is 9.77. The molecule has 3 heteroatoms. The maximum Gasteiger partial charge on any atom is 0.140 e. The van der Waals surface area contributed by atoms with Gasteiger partial charge in [0.25, 0.3) is 0 Å². The van der Waals surface area contributed by atoms with Crippen LogP contribution in [0.3, 0.4) is 0 Å². The summed E-state index contributed by atoms with van der Waals surface area (Å²) in [4.78, 5) is 4.44. The number of rotatable bonds is 4. The Morgan fingerprint density at radius 1 is 1.31 bits per heavy atom. The first-order valence-electron chi connectivity index (χ1n) is 5.60. The normalized spacial score (nSPS) is 10.6. The van der Waals surface area contributed by atoms with Crippen molar-refractivity contribution in [3.8, 4) is 11.4 Å². The highest BCUT2D eigenvalue weighted by molar-refractivity contribution is 5.60. The fraction of sp³-hybridized carbons (Fsp3) is 0.308. The predicted octanol–water partition coefficient (Wildman–Crippen LogP) is 2.29. The number of nitrogens with zero attached hydrogens (tertiary/aromatic N) is 2. The maximum absolute atomic E-state index is 4.44. The molecule has 0 atom stereocenters. The molecule has 1 aromatic heterocycles. The van der Waals surface area contributed by atoms with Crippen LogP contribution < -0.4 is 5.32 Å². The Morgan fingerprint density at radius 3 is 2.88 bits per heavy atom. The van der Waals surface area contributed by atoms with Crippen molar-refractivity contribution in [3.05, 3.63) is 42.2 Å². The standard InChI is InChI=1S/C13H17N3/c1-3-16-9-8-15-13(16)12-7-5-4-6-11(12)10-14-2/h4-9,14H,3,10H2,1-2H3. The zero-order valence-electron chi connectivity index (χ0n) is 9.77. The summed E-state index contributed by atoms with van der Waals surface area (Å²) >= 11 is 0. The van der Waals surface area contributed by atoms with E-state index in [-0.39, 0.29) is 0 Å². The molecule has 1 aromatic carbocycles. The predicted molar refractivity (Wildman–Crippen MR) is 66.1 cm³/mol. The molecule has 3 nitrogen and oxygen atoms in total. The van der Waals surface area contributed by atoms with Gasteiger partial charge in [0.05, 0.1) is 0 Å². The van der Waals surface area contributed by atoms with Crippen molar-refractivity contribution in [2.75, 3.05) is 7.05 Å². The lowest BCUT2D eigenvalue weighted by Crippen LogP contribution is -2.07. The van der Waals surface area contributed by atoms with Crippen molar-refractivity contribution < 1.29 is 0 Å². The third-order valence-electron chi connectivity index (χ3n) is 2.68. The molecule has 0 aliphatic rings. The molecule has 0 fully saturated rings. The number of aryl methyl sites for hydroxylation is 1. The lowest BCUT2D eigenvalue weighted by Gasteiger charge is -2.10. The van der Waals surface area contributed by atoms with Gasteiger partial charge in [0.15, 0.2) is 0 Å². The minimum atomic E-state index is 0.868. The van der Waals surface area contributed by atoms with Gasteiger partial charge in [0, 0.05) is 31.0 Å². The summed E-state index contributed by atoms with van der Waals surface area (Å²) in [5, 5.41) is 3.19. The molecule has 1 N–H and O–H groups in total. The molecule has 84 valence electrons. The second kappa shape index (κ2) is 4.94. The van der Waals surface area contributed by atoms with Gasteiger partial charge in [0.1, 0.15) is 5.82 Å². The number of nitrogens with one attached hydrogen (secondary N) is 1. The highest BCUT2D eigenvalue weighted by atomic mass is 15.1.